The van der Waals surface area contributed by atoms with E-state index in [2.05, 4.69) is 39.0 Å². The number of aromatic nitrogens is 3. The maximum Gasteiger partial charge on any atom is 0.410 e. The van der Waals surface area contributed by atoms with Crippen molar-refractivity contribution >= 4 is 22.9 Å². The van der Waals surface area contributed by atoms with Crippen LogP contribution in [0.2, 0.25) is 0 Å². The van der Waals surface area contributed by atoms with Crippen LogP contribution >= 0.6 is 0 Å². The van der Waals surface area contributed by atoms with E-state index in [0.29, 0.717) is 80.3 Å². The summed E-state index contributed by atoms with van der Waals surface area (Å²) in [4.78, 5) is 41.2. The summed E-state index contributed by atoms with van der Waals surface area (Å²) >= 11 is 0. The molecule has 4 heterocycles. The number of nitrogens with zero attached hydrogens (tertiary/aromatic N) is 4. The number of fused-ring (bicyclic) bond motifs is 1. The minimum absolute atomic E-state index is 0.0357. The first-order valence-electron chi connectivity index (χ1n) is 16.1. The summed E-state index contributed by atoms with van der Waals surface area (Å²) in [5.41, 5.74) is 0.975. The van der Waals surface area contributed by atoms with Gasteiger partial charge in [0.15, 0.2) is 0 Å². The van der Waals surface area contributed by atoms with Gasteiger partial charge in [0.05, 0.1) is 5.39 Å². The highest BCUT2D eigenvalue weighted by Gasteiger charge is 2.43. The van der Waals surface area contributed by atoms with Crippen molar-refractivity contribution in [3.05, 3.63) is 63.7 Å². The molecule has 11 heteroatoms. The molecule has 9 nitrogen and oxygen atoms in total. The van der Waals surface area contributed by atoms with Crippen LogP contribution in [0.1, 0.15) is 95.9 Å². The molecule has 3 aromatic rings. The molecule has 2 fully saturated rings. The largest absolute Gasteiger partial charge is 0.444 e. The van der Waals surface area contributed by atoms with E-state index in [4.69, 9.17) is 4.74 Å². The van der Waals surface area contributed by atoms with Gasteiger partial charge in [0.25, 0.3) is 11.5 Å². The number of aromatic amines is 1. The van der Waals surface area contributed by atoms with Gasteiger partial charge in [-0.25, -0.2) is 23.5 Å². The van der Waals surface area contributed by atoms with Crippen LogP contribution in [0.5, 0.6) is 0 Å². The third-order valence-corrected chi connectivity index (χ3v) is 9.16. The van der Waals surface area contributed by atoms with Gasteiger partial charge in [0.1, 0.15) is 23.4 Å². The molecule has 45 heavy (non-hydrogen) atoms. The number of H-pyrrole nitrogens is 1. The number of hydrogen-bond acceptors (Lipinski definition) is 7. The third-order valence-electron chi connectivity index (χ3n) is 9.16. The van der Waals surface area contributed by atoms with Crippen LogP contribution in [0.3, 0.4) is 0 Å². The number of carbonyl (C=O) groups excluding carboxylic acids is 1. The first-order chi connectivity index (χ1) is 21.2. The SMILES string of the molecule is CC(C)N1CCC(C(F)(F)c2cccc([C@@H](C)Nc3ncnc4[nH]c(=O)c(C5CCN(C(=O)OC(C)(C)C)CC5)cc34)c2)CC1. The number of rotatable bonds is 7. The van der Waals surface area contributed by atoms with Gasteiger partial charge in [-0.3, -0.25) is 4.79 Å². The van der Waals surface area contributed by atoms with Gasteiger partial charge >= 0.3 is 6.09 Å². The maximum atomic E-state index is 15.7. The summed E-state index contributed by atoms with van der Waals surface area (Å²) in [5.74, 6) is -3.15. The highest BCUT2D eigenvalue weighted by atomic mass is 19.3. The summed E-state index contributed by atoms with van der Waals surface area (Å²) in [6.45, 7) is 14.0. The summed E-state index contributed by atoms with van der Waals surface area (Å²) in [6, 6.07) is 8.50. The van der Waals surface area contributed by atoms with Gasteiger partial charge in [0.2, 0.25) is 0 Å². The van der Waals surface area contributed by atoms with Gasteiger partial charge in [-0.05, 0) is 104 Å². The fraction of sp³-hybridized carbons (Fsp3) is 0.588. The molecule has 1 amide bonds. The van der Waals surface area contributed by atoms with Crippen molar-refractivity contribution in [2.24, 2.45) is 5.92 Å². The fourth-order valence-corrected chi connectivity index (χ4v) is 6.47. The molecule has 244 valence electrons. The van der Waals surface area contributed by atoms with Gasteiger partial charge in [-0.1, -0.05) is 18.2 Å². The highest BCUT2D eigenvalue weighted by molar-refractivity contribution is 5.86. The van der Waals surface area contributed by atoms with Crippen LogP contribution < -0.4 is 10.9 Å². The van der Waals surface area contributed by atoms with Crippen LogP contribution in [0.15, 0.2) is 41.5 Å². The number of nitrogens with one attached hydrogen (secondary N) is 2. The lowest BCUT2D eigenvalue weighted by atomic mass is 9.85. The van der Waals surface area contributed by atoms with E-state index in [9.17, 15) is 9.59 Å². The van der Waals surface area contributed by atoms with Gasteiger partial charge < -0.3 is 24.8 Å². The van der Waals surface area contributed by atoms with E-state index in [0.717, 1.165) is 5.56 Å². The summed E-state index contributed by atoms with van der Waals surface area (Å²) < 4.78 is 37.0. The van der Waals surface area contributed by atoms with Gasteiger partial charge in [-0.15, -0.1) is 0 Å². The molecule has 0 saturated carbocycles. The summed E-state index contributed by atoms with van der Waals surface area (Å²) in [6.07, 6.45) is 3.21. The second-order valence-corrected chi connectivity index (χ2v) is 13.8. The Labute approximate surface area is 263 Å². The topological polar surface area (TPSA) is 103 Å². The quantitative estimate of drug-likeness (QED) is 0.297. The van der Waals surface area contributed by atoms with E-state index in [1.165, 1.54) is 12.4 Å². The van der Waals surface area contributed by atoms with E-state index in [1.54, 1.807) is 17.0 Å². The zero-order valence-corrected chi connectivity index (χ0v) is 27.2. The lowest BCUT2D eigenvalue weighted by Crippen LogP contribution is -2.42. The molecule has 2 aliphatic heterocycles. The summed E-state index contributed by atoms with van der Waals surface area (Å²) in [7, 11) is 0. The van der Waals surface area contributed by atoms with Crippen LogP contribution in [-0.4, -0.2) is 68.7 Å². The van der Waals surface area contributed by atoms with Crippen LogP contribution in [-0.2, 0) is 10.7 Å². The molecule has 0 radical (unpaired) electrons. The number of pyridine rings is 1. The van der Waals surface area contributed by atoms with E-state index >= 15 is 8.78 Å². The second kappa shape index (κ2) is 13.0. The third kappa shape index (κ3) is 7.45. The highest BCUT2D eigenvalue weighted by Crippen LogP contribution is 2.42. The van der Waals surface area contributed by atoms with E-state index in [1.807, 2.05) is 39.8 Å². The Morgan fingerprint density at radius 2 is 1.71 bits per heavy atom. The van der Waals surface area contributed by atoms with Crippen molar-refractivity contribution in [2.45, 2.75) is 96.8 Å². The predicted molar refractivity (Wildman–Crippen MR) is 172 cm³/mol. The number of alkyl halides is 2. The smallest absolute Gasteiger partial charge is 0.410 e. The van der Waals surface area contributed by atoms with Crippen molar-refractivity contribution in [3.63, 3.8) is 0 Å². The van der Waals surface area contributed by atoms with Crippen LogP contribution in [0.4, 0.5) is 19.4 Å². The monoisotopic (exact) mass is 624 g/mol. The lowest BCUT2D eigenvalue weighted by molar-refractivity contribution is -0.0876. The Balaban J connectivity index is 1.32. The number of carbonyl (C=O) groups is 1. The summed E-state index contributed by atoms with van der Waals surface area (Å²) in [5, 5.41) is 4.02. The number of benzene rings is 1. The second-order valence-electron chi connectivity index (χ2n) is 13.8. The van der Waals surface area contributed by atoms with Crippen molar-refractivity contribution in [2.75, 3.05) is 31.5 Å². The molecule has 0 unspecified atom stereocenters. The molecule has 2 N–H and O–H groups in total. The first-order valence-corrected chi connectivity index (χ1v) is 16.1. The average molecular weight is 625 g/mol. The normalized spacial score (nSPS) is 18.4. The lowest BCUT2D eigenvalue weighted by Gasteiger charge is -2.38. The molecule has 2 saturated heterocycles. The number of hydrogen-bond donors (Lipinski definition) is 2. The number of likely N-dealkylation sites (tertiary alicyclic amines) is 2. The average Bonchev–Trinajstić information content (AvgIpc) is 3.00. The number of ether oxygens (including phenoxy) is 1. The Morgan fingerprint density at radius 3 is 2.36 bits per heavy atom. The zero-order valence-electron chi connectivity index (χ0n) is 27.2. The Hall–Kier alpha value is -3.60. The molecule has 5 rings (SSSR count). The Bertz CT molecular complexity index is 1550. The first kappa shape index (κ1) is 32.8. The minimum atomic E-state index is -2.92. The molecular formula is C34H46F2N6O3. The molecule has 0 aliphatic carbocycles. The number of piperidine rings is 2. The van der Waals surface area contributed by atoms with Crippen molar-refractivity contribution in [3.8, 4) is 0 Å². The van der Waals surface area contributed by atoms with Crippen LogP contribution in [0.25, 0.3) is 11.0 Å². The number of amides is 1. The van der Waals surface area contributed by atoms with Gasteiger partial charge in [-0.2, -0.15) is 0 Å². The number of anilines is 1. The Kier molecular flexibility index (Phi) is 9.49. The van der Waals surface area contributed by atoms with Crippen LogP contribution in [0, 0.1) is 5.92 Å². The minimum Gasteiger partial charge on any atom is -0.444 e. The molecule has 0 spiro atoms. The molecule has 1 atom stereocenters. The molecule has 0 bridgehead atoms. The van der Waals surface area contributed by atoms with E-state index in [-0.39, 0.29) is 29.2 Å². The number of halogens is 2. The maximum absolute atomic E-state index is 15.7. The Morgan fingerprint density at radius 1 is 1.02 bits per heavy atom. The molecule has 2 aromatic heterocycles. The zero-order chi connectivity index (χ0) is 32.5. The van der Waals surface area contributed by atoms with Crippen molar-refractivity contribution < 1.29 is 18.3 Å². The molecule has 1 aromatic carbocycles. The van der Waals surface area contributed by atoms with Gasteiger partial charge in [0, 0.05) is 42.2 Å². The molecular weight excluding hydrogens is 578 g/mol. The van der Waals surface area contributed by atoms with E-state index < -0.39 is 17.4 Å². The standard InChI is InChI=1S/C34H46F2N6O3/c1-21(2)41-16-12-25(13-17-41)34(35,36)26-9-7-8-24(18-26)22(3)39-29-28-19-27(31(43)40-30(28)38-20-37-29)23-10-14-42(15-11-23)32(44)45-33(4,5)6/h7-9,18-23,25H,10-17H2,1-6H3,(H2,37,38,39,40,43)/t22-/m1/s1. The fourth-order valence-electron chi connectivity index (χ4n) is 6.47. The van der Waals surface area contributed by atoms with Crippen molar-refractivity contribution in [1.82, 2.24) is 24.8 Å². The predicted octanol–water partition coefficient (Wildman–Crippen LogP) is 6.82. The van der Waals surface area contributed by atoms with Crippen molar-refractivity contribution in [1.29, 1.82) is 0 Å². The molecule has 2 aliphatic rings.